The van der Waals surface area contributed by atoms with Crippen LogP contribution in [0, 0.1) is 9.39 Å². The van der Waals surface area contributed by atoms with Gasteiger partial charge in [-0.3, -0.25) is 0 Å². The summed E-state index contributed by atoms with van der Waals surface area (Å²) in [4.78, 5) is 10.7. The fourth-order valence-corrected chi connectivity index (χ4v) is 1.99. The van der Waals surface area contributed by atoms with Crippen molar-refractivity contribution in [1.82, 2.24) is 0 Å². The standard InChI is InChI=1S/C9H5F4IO3/c1-17-7-3(9(11,12)13)2-4(14)5(6(7)10)8(15)16/h2H,1H3,(H,15,16). The Morgan fingerprint density at radius 2 is 2.00 bits per heavy atom. The number of rotatable bonds is 2. The van der Waals surface area contributed by atoms with Gasteiger partial charge in [-0.15, -0.1) is 0 Å². The Labute approximate surface area is 107 Å². The SMILES string of the molecule is COc1c(C(F)(F)F)cc(I)c(C(=O)O)c1F. The molecule has 0 amide bonds. The Kier molecular flexibility index (Phi) is 3.84. The molecule has 0 saturated carbocycles. The van der Waals surface area contributed by atoms with E-state index in [1.165, 1.54) is 22.6 Å². The van der Waals surface area contributed by atoms with Crippen LogP contribution in [0.1, 0.15) is 15.9 Å². The second kappa shape index (κ2) is 4.67. The zero-order valence-corrected chi connectivity index (χ0v) is 10.4. The van der Waals surface area contributed by atoms with Gasteiger partial charge < -0.3 is 9.84 Å². The summed E-state index contributed by atoms with van der Waals surface area (Å²) < 4.78 is 55.1. The van der Waals surface area contributed by atoms with Gasteiger partial charge in [-0.25, -0.2) is 9.18 Å². The zero-order chi connectivity index (χ0) is 13.4. The van der Waals surface area contributed by atoms with Crippen molar-refractivity contribution in [3.63, 3.8) is 0 Å². The second-order valence-corrected chi connectivity index (χ2v) is 4.09. The Morgan fingerprint density at radius 3 is 2.35 bits per heavy atom. The number of hydrogen-bond donors (Lipinski definition) is 1. The highest BCUT2D eigenvalue weighted by atomic mass is 127. The van der Waals surface area contributed by atoms with E-state index in [0.29, 0.717) is 6.07 Å². The first-order valence-electron chi connectivity index (χ1n) is 4.06. The summed E-state index contributed by atoms with van der Waals surface area (Å²) in [7, 11) is 0.839. The highest BCUT2D eigenvalue weighted by Gasteiger charge is 2.38. The number of hydrogen-bond acceptors (Lipinski definition) is 2. The van der Waals surface area contributed by atoms with Crippen molar-refractivity contribution in [2.24, 2.45) is 0 Å². The average molecular weight is 364 g/mol. The normalized spacial score (nSPS) is 11.4. The van der Waals surface area contributed by atoms with E-state index >= 15 is 0 Å². The fraction of sp³-hybridized carbons (Fsp3) is 0.222. The van der Waals surface area contributed by atoms with E-state index in [2.05, 4.69) is 4.74 Å². The van der Waals surface area contributed by atoms with Crippen LogP contribution in [-0.4, -0.2) is 18.2 Å². The van der Waals surface area contributed by atoms with E-state index < -0.39 is 34.8 Å². The molecular formula is C9H5F4IO3. The Balaban J connectivity index is 3.64. The Morgan fingerprint density at radius 1 is 1.47 bits per heavy atom. The third-order valence-corrected chi connectivity index (χ3v) is 2.75. The highest BCUT2D eigenvalue weighted by Crippen LogP contribution is 2.40. The lowest BCUT2D eigenvalue weighted by atomic mass is 10.1. The minimum absolute atomic E-state index is 0.347. The first kappa shape index (κ1) is 14.0. The lowest BCUT2D eigenvalue weighted by Crippen LogP contribution is -2.13. The van der Waals surface area contributed by atoms with E-state index in [1.807, 2.05) is 0 Å². The van der Waals surface area contributed by atoms with E-state index in [9.17, 15) is 22.4 Å². The highest BCUT2D eigenvalue weighted by molar-refractivity contribution is 14.1. The molecule has 0 aliphatic heterocycles. The third kappa shape index (κ3) is 2.61. The summed E-state index contributed by atoms with van der Waals surface area (Å²) in [6, 6.07) is 0.534. The van der Waals surface area contributed by atoms with Gasteiger partial charge in [0.05, 0.1) is 7.11 Å². The summed E-state index contributed by atoms with van der Waals surface area (Å²) in [6.45, 7) is 0. The third-order valence-electron chi connectivity index (χ3n) is 1.90. The first-order chi connectivity index (χ1) is 7.70. The smallest absolute Gasteiger partial charge is 0.420 e. The van der Waals surface area contributed by atoms with Gasteiger partial charge in [-0.2, -0.15) is 13.2 Å². The van der Waals surface area contributed by atoms with Crippen LogP contribution in [0.25, 0.3) is 0 Å². The maximum Gasteiger partial charge on any atom is 0.420 e. The summed E-state index contributed by atoms with van der Waals surface area (Å²) in [5.41, 5.74) is -2.18. The number of carboxylic acid groups (broad SMARTS) is 1. The predicted molar refractivity (Wildman–Crippen MR) is 57.6 cm³/mol. The molecular weight excluding hydrogens is 359 g/mol. The number of alkyl halides is 3. The number of ether oxygens (including phenoxy) is 1. The summed E-state index contributed by atoms with van der Waals surface area (Å²) in [6.07, 6.45) is -4.82. The largest absolute Gasteiger partial charge is 0.493 e. The van der Waals surface area contributed by atoms with Crippen molar-refractivity contribution in [3.05, 3.63) is 26.6 Å². The van der Waals surface area contributed by atoms with Crippen molar-refractivity contribution in [2.75, 3.05) is 7.11 Å². The molecule has 0 unspecified atom stereocenters. The second-order valence-electron chi connectivity index (χ2n) is 2.93. The van der Waals surface area contributed by atoms with E-state index in [0.717, 1.165) is 7.11 Å². The van der Waals surface area contributed by atoms with Gasteiger partial charge in [0, 0.05) is 3.57 Å². The first-order valence-corrected chi connectivity index (χ1v) is 5.14. The molecule has 0 aromatic heterocycles. The quantitative estimate of drug-likeness (QED) is 0.648. The molecule has 0 atom stereocenters. The van der Waals surface area contributed by atoms with Gasteiger partial charge in [-0.05, 0) is 28.7 Å². The number of carbonyl (C=O) groups is 1. The minimum Gasteiger partial charge on any atom is -0.493 e. The van der Waals surface area contributed by atoms with Crippen LogP contribution in [0.5, 0.6) is 5.75 Å². The maximum absolute atomic E-state index is 13.6. The topological polar surface area (TPSA) is 46.5 Å². The summed E-state index contributed by atoms with van der Waals surface area (Å²) in [5, 5.41) is 8.68. The monoisotopic (exact) mass is 364 g/mol. The van der Waals surface area contributed by atoms with Crippen molar-refractivity contribution in [2.45, 2.75) is 6.18 Å². The molecule has 1 rings (SSSR count). The van der Waals surface area contributed by atoms with Crippen molar-refractivity contribution in [1.29, 1.82) is 0 Å². The fourth-order valence-electron chi connectivity index (χ4n) is 1.21. The molecule has 0 bridgehead atoms. The van der Waals surface area contributed by atoms with Crippen LogP contribution in [-0.2, 0) is 6.18 Å². The van der Waals surface area contributed by atoms with E-state index in [1.54, 1.807) is 0 Å². The van der Waals surface area contributed by atoms with Gasteiger partial charge in [-0.1, -0.05) is 0 Å². The van der Waals surface area contributed by atoms with Crippen LogP contribution in [0.15, 0.2) is 6.07 Å². The minimum atomic E-state index is -4.82. The van der Waals surface area contributed by atoms with Crippen molar-refractivity contribution in [3.8, 4) is 5.75 Å². The molecule has 0 radical (unpaired) electrons. The summed E-state index contributed by atoms with van der Waals surface area (Å²) in [5.74, 6) is -4.30. The molecule has 0 aliphatic rings. The van der Waals surface area contributed by atoms with Crippen LogP contribution >= 0.6 is 22.6 Å². The number of benzene rings is 1. The van der Waals surface area contributed by atoms with Crippen LogP contribution < -0.4 is 4.74 Å². The molecule has 1 N–H and O–H groups in total. The molecule has 0 aliphatic carbocycles. The Bertz CT molecular complexity index is 470. The zero-order valence-electron chi connectivity index (χ0n) is 8.23. The van der Waals surface area contributed by atoms with Gasteiger partial charge in [0.15, 0.2) is 11.6 Å². The lowest BCUT2D eigenvalue weighted by Gasteiger charge is -2.14. The van der Waals surface area contributed by atoms with Crippen molar-refractivity contribution >= 4 is 28.6 Å². The Hall–Kier alpha value is -1.06. The van der Waals surface area contributed by atoms with Gasteiger partial charge in [0.2, 0.25) is 0 Å². The number of aromatic carboxylic acids is 1. The average Bonchev–Trinajstić information content (AvgIpc) is 2.14. The van der Waals surface area contributed by atoms with Crippen LogP contribution in [0.3, 0.4) is 0 Å². The molecule has 1 aromatic rings. The molecule has 0 saturated heterocycles. The molecule has 1 aromatic carbocycles. The molecule has 0 spiro atoms. The predicted octanol–water partition coefficient (Wildman–Crippen LogP) is 3.16. The van der Waals surface area contributed by atoms with Crippen LogP contribution in [0.4, 0.5) is 17.6 Å². The molecule has 17 heavy (non-hydrogen) atoms. The lowest BCUT2D eigenvalue weighted by molar-refractivity contribution is -0.139. The van der Waals surface area contributed by atoms with Gasteiger partial charge in [0.25, 0.3) is 0 Å². The van der Waals surface area contributed by atoms with E-state index in [-0.39, 0.29) is 3.57 Å². The number of carboxylic acids is 1. The maximum atomic E-state index is 13.6. The molecule has 8 heteroatoms. The van der Waals surface area contributed by atoms with Crippen LogP contribution in [0.2, 0.25) is 0 Å². The summed E-state index contributed by atoms with van der Waals surface area (Å²) >= 11 is 1.32. The van der Waals surface area contributed by atoms with Gasteiger partial charge >= 0.3 is 12.1 Å². The molecule has 0 fully saturated rings. The molecule has 3 nitrogen and oxygen atoms in total. The molecule has 94 valence electrons. The molecule has 0 heterocycles. The van der Waals surface area contributed by atoms with Crippen molar-refractivity contribution < 1.29 is 32.2 Å². The number of methoxy groups -OCH3 is 1. The van der Waals surface area contributed by atoms with Gasteiger partial charge in [0.1, 0.15) is 11.1 Å². The number of halogens is 5. The van der Waals surface area contributed by atoms with E-state index in [4.69, 9.17) is 5.11 Å².